The zero-order chi connectivity index (χ0) is 29.6. The van der Waals surface area contributed by atoms with Gasteiger partial charge in [0.1, 0.15) is 17.5 Å². The van der Waals surface area contributed by atoms with Gasteiger partial charge in [0.25, 0.3) is 5.91 Å². The number of pyridine rings is 1. The number of benzene rings is 1. The summed E-state index contributed by atoms with van der Waals surface area (Å²) in [6.45, 7) is 13.1. The number of rotatable bonds is 7. The van der Waals surface area contributed by atoms with Crippen molar-refractivity contribution in [3.05, 3.63) is 71.0 Å². The largest absolute Gasteiger partial charge is 0.444 e. The van der Waals surface area contributed by atoms with E-state index in [1.54, 1.807) is 16.0 Å². The number of piperazine rings is 1. The van der Waals surface area contributed by atoms with Crippen LogP contribution >= 0.6 is 0 Å². The van der Waals surface area contributed by atoms with E-state index in [9.17, 15) is 14.9 Å². The lowest BCUT2D eigenvalue weighted by atomic mass is 10.1. The van der Waals surface area contributed by atoms with Crippen molar-refractivity contribution >= 4 is 30.0 Å². The molecule has 1 saturated heterocycles. The van der Waals surface area contributed by atoms with E-state index in [1.165, 1.54) is 0 Å². The molecule has 4 rings (SSSR count). The molecule has 0 saturated carbocycles. The van der Waals surface area contributed by atoms with Crippen molar-refractivity contribution < 1.29 is 14.3 Å². The third-order valence-electron chi connectivity index (χ3n) is 6.91. The number of aromatic nitrogens is 2. The summed E-state index contributed by atoms with van der Waals surface area (Å²) in [4.78, 5) is 38.5. The van der Waals surface area contributed by atoms with Crippen molar-refractivity contribution in [2.24, 2.45) is 0 Å². The van der Waals surface area contributed by atoms with Crippen LogP contribution in [0.1, 0.15) is 61.8 Å². The van der Waals surface area contributed by atoms with Crippen molar-refractivity contribution in [1.29, 1.82) is 5.26 Å². The molecule has 41 heavy (non-hydrogen) atoms. The van der Waals surface area contributed by atoms with Crippen molar-refractivity contribution in [2.45, 2.75) is 40.2 Å². The quantitative estimate of drug-likeness (QED) is 0.404. The second-order valence-corrected chi connectivity index (χ2v) is 10.9. The smallest absolute Gasteiger partial charge is 0.410 e. The minimum Gasteiger partial charge on any atom is -0.444 e. The Kier molecular flexibility index (Phi) is 9.13. The van der Waals surface area contributed by atoms with Gasteiger partial charge in [0.2, 0.25) is 0 Å². The number of hydrogen-bond donors (Lipinski definition) is 1. The first kappa shape index (κ1) is 29.4. The third kappa shape index (κ3) is 7.34. The maximum Gasteiger partial charge on any atom is 0.410 e. The van der Waals surface area contributed by atoms with Crippen LogP contribution in [-0.2, 0) is 4.74 Å². The first-order valence-electron chi connectivity index (χ1n) is 14.0. The molecule has 1 aliphatic rings. The second-order valence-electron chi connectivity index (χ2n) is 10.9. The molecular formula is C32H38N6O3. The summed E-state index contributed by atoms with van der Waals surface area (Å²) in [5, 5.41) is 9.83. The number of amides is 2. The van der Waals surface area contributed by atoms with E-state index in [0.29, 0.717) is 50.4 Å². The van der Waals surface area contributed by atoms with Crippen LogP contribution < -0.4 is 4.90 Å². The van der Waals surface area contributed by atoms with Gasteiger partial charge in [-0.15, -0.1) is 0 Å². The van der Waals surface area contributed by atoms with Gasteiger partial charge in [-0.3, -0.25) is 9.78 Å². The zero-order valence-corrected chi connectivity index (χ0v) is 24.5. The number of aromatic amines is 1. The Morgan fingerprint density at radius 2 is 1.73 bits per heavy atom. The predicted molar refractivity (Wildman–Crippen MR) is 161 cm³/mol. The molecule has 2 amide bonds. The lowest BCUT2D eigenvalue weighted by molar-refractivity contribution is 0.0240. The number of ether oxygens (including phenoxy) is 1. The molecule has 214 valence electrons. The Morgan fingerprint density at radius 1 is 1.05 bits per heavy atom. The minimum atomic E-state index is -0.536. The van der Waals surface area contributed by atoms with E-state index < -0.39 is 5.60 Å². The fourth-order valence-electron chi connectivity index (χ4n) is 4.69. The van der Waals surface area contributed by atoms with E-state index in [2.05, 4.69) is 20.9 Å². The lowest BCUT2D eigenvalue weighted by Gasteiger charge is -2.36. The summed E-state index contributed by atoms with van der Waals surface area (Å²) in [7, 11) is 0. The highest BCUT2D eigenvalue weighted by atomic mass is 16.6. The summed E-state index contributed by atoms with van der Waals surface area (Å²) in [5.74, 6) is 0.784. The normalized spacial score (nSPS) is 13.8. The summed E-state index contributed by atoms with van der Waals surface area (Å²) in [5.41, 5.74) is 4.16. The Morgan fingerprint density at radius 3 is 2.34 bits per heavy atom. The van der Waals surface area contributed by atoms with Gasteiger partial charge in [-0.2, -0.15) is 5.26 Å². The average Bonchev–Trinajstić information content (AvgIpc) is 3.41. The highest BCUT2D eigenvalue weighted by Gasteiger charge is 2.27. The predicted octanol–water partition coefficient (Wildman–Crippen LogP) is 5.66. The van der Waals surface area contributed by atoms with Gasteiger partial charge < -0.3 is 24.4 Å². The second kappa shape index (κ2) is 12.7. The standard InChI is InChI=1S/C32H38N6O3/c1-6-36(7-2)30(39)24-11-8-23(9-12-24)10-13-27-20-25(14-15-34-27)28-21-26(22-33)29(35-28)37-16-18-38(19-17-37)31(40)41-32(3,4)5/h8-15,20-21,35H,6-7,16-19H2,1-5H3. The molecule has 3 aromatic rings. The fraction of sp³-hybridized carbons (Fsp3) is 0.375. The summed E-state index contributed by atoms with van der Waals surface area (Å²) >= 11 is 0. The van der Waals surface area contributed by atoms with Crippen LogP contribution in [0.5, 0.6) is 0 Å². The zero-order valence-electron chi connectivity index (χ0n) is 24.5. The molecular weight excluding hydrogens is 516 g/mol. The number of hydrogen-bond acceptors (Lipinski definition) is 6. The molecule has 9 heteroatoms. The molecule has 1 fully saturated rings. The van der Waals surface area contributed by atoms with Crippen LogP contribution in [0.25, 0.3) is 23.4 Å². The number of H-pyrrole nitrogens is 1. The molecule has 1 aromatic carbocycles. The van der Waals surface area contributed by atoms with Gasteiger partial charge in [-0.25, -0.2) is 4.79 Å². The van der Waals surface area contributed by atoms with Crippen LogP contribution in [-0.4, -0.2) is 76.6 Å². The number of anilines is 1. The molecule has 2 aromatic heterocycles. The summed E-state index contributed by atoms with van der Waals surface area (Å²) < 4.78 is 5.50. The first-order chi connectivity index (χ1) is 19.6. The Bertz CT molecular complexity index is 1430. The van der Waals surface area contributed by atoms with E-state index >= 15 is 0 Å². The van der Waals surface area contributed by atoms with Crippen molar-refractivity contribution in [2.75, 3.05) is 44.2 Å². The molecule has 1 N–H and O–H groups in total. The monoisotopic (exact) mass is 554 g/mol. The van der Waals surface area contributed by atoms with Gasteiger partial charge in [-0.05, 0) is 76.6 Å². The molecule has 0 radical (unpaired) electrons. The van der Waals surface area contributed by atoms with Crippen LogP contribution in [0.3, 0.4) is 0 Å². The van der Waals surface area contributed by atoms with E-state index in [-0.39, 0.29) is 12.0 Å². The summed E-state index contributed by atoms with van der Waals surface area (Å²) in [6, 6.07) is 15.6. The molecule has 0 bridgehead atoms. The average molecular weight is 555 g/mol. The molecule has 9 nitrogen and oxygen atoms in total. The highest BCUT2D eigenvalue weighted by Crippen LogP contribution is 2.28. The molecule has 1 aliphatic heterocycles. The molecule has 0 aliphatic carbocycles. The van der Waals surface area contributed by atoms with Crippen LogP contribution in [0.15, 0.2) is 48.7 Å². The Hall–Kier alpha value is -4.58. The van der Waals surface area contributed by atoms with E-state index in [0.717, 1.165) is 28.3 Å². The van der Waals surface area contributed by atoms with Crippen molar-refractivity contribution in [3.8, 4) is 17.3 Å². The Balaban J connectivity index is 1.44. The fourth-order valence-corrected chi connectivity index (χ4v) is 4.69. The molecule has 0 atom stereocenters. The van der Waals surface area contributed by atoms with Gasteiger partial charge in [0, 0.05) is 62.3 Å². The maximum absolute atomic E-state index is 12.6. The van der Waals surface area contributed by atoms with Crippen LogP contribution in [0.4, 0.5) is 10.6 Å². The van der Waals surface area contributed by atoms with Gasteiger partial charge in [0.15, 0.2) is 0 Å². The van der Waals surface area contributed by atoms with E-state index in [1.807, 2.05) is 89.2 Å². The summed E-state index contributed by atoms with van der Waals surface area (Å²) in [6.07, 6.45) is 5.32. The van der Waals surface area contributed by atoms with Crippen LogP contribution in [0.2, 0.25) is 0 Å². The number of nitrogens with zero attached hydrogens (tertiary/aromatic N) is 5. The maximum atomic E-state index is 12.6. The Labute approximate surface area is 242 Å². The van der Waals surface area contributed by atoms with Crippen molar-refractivity contribution in [3.63, 3.8) is 0 Å². The van der Waals surface area contributed by atoms with E-state index in [4.69, 9.17) is 4.74 Å². The molecule has 0 unspecified atom stereocenters. The first-order valence-corrected chi connectivity index (χ1v) is 14.0. The van der Waals surface area contributed by atoms with Crippen LogP contribution in [0, 0.1) is 11.3 Å². The topological polar surface area (TPSA) is 106 Å². The van der Waals surface area contributed by atoms with Gasteiger partial charge in [-0.1, -0.05) is 18.2 Å². The number of carbonyl (C=O) groups is 2. The molecule has 0 spiro atoms. The highest BCUT2D eigenvalue weighted by molar-refractivity contribution is 5.94. The minimum absolute atomic E-state index is 0.0341. The number of nitriles is 1. The lowest BCUT2D eigenvalue weighted by Crippen LogP contribution is -2.50. The SMILES string of the molecule is CCN(CC)C(=O)c1ccc(C=Cc2cc(-c3cc(C#N)c(N4CCN(C(=O)OC(C)(C)C)CC4)[nH]3)ccn2)cc1. The molecule has 3 heterocycles. The van der Waals surface area contributed by atoms with Gasteiger partial charge >= 0.3 is 6.09 Å². The number of carbonyl (C=O) groups excluding carboxylic acids is 2. The third-order valence-corrected chi connectivity index (χ3v) is 6.91. The van der Waals surface area contributed by atoms with Crippen molar-refractivity contribution in [1.82, 2.24) is 19.8 Å². The van der Waals surface area contributed by atoms with Gasteiger partial charge in [0.05, 0.1) is 11.3 Å². The number of nitrogens with one attached hydrogen (secondary N) is 1.